The van der Waals surface area contributed by atoms with Crippen LogP contribution in [0.4, 0.5) is 17.1 Å². The van der Waals surface area contributed by atoms with Gasteiger partial charge in [0.1, 0.15) is 0 Å². The van der Waals surface area contributed by atoms with E-state index in [1.54, 1.807) is 24.3 Å². The molecule has 0 aliphatic carbocycles. The first-order chi connectivity index (χ1) is 12.3. The quantitative estimate of drug-likeness (QED) is 0.749. The van der Waals surface area contributed by atoms with Crippen LogP contribution in [0, 0.1) is 18.8 Å². The van der Waals surface area contributed by atoms with Gasteiger partial charge in [-0.2, -0.15) is 0 Å². The van der Waals surface area contributed by atoms with Gasteiger partial charge in [0.25, 0.3) is 5.91 Å². The Morgan fingerprint density at radius 1 is 1.19 bits per heavy atom. The highest BCUT2D eigenvalue weighted by molar-refractivity contribution is 6.34. The average molecular weight is 372 g/mol. The summed E-state index contributed by atoms with van der Waals surface area (Å²) in [4.78, 5) is 15.0. The molecular formula is C21H26ClN3O. The molecule has 1 aliphatic heterocycles. The zero-order chi connectivity index (χ0) is 18.8. The minimum atomic E-state index is -0.252. The summed E-state index contributed by atoms with van der Waals surface area (Å²) in [5.74, 6) is 1.05. The van der Waals surface area contributed by atoms with Crippen molar-refractivity contribution in [2.24, 2.45) is 11.8 Å². The number of rotatable bonds is 3. The second kappa shape index (κ2) is 7.58. The fraction of sp³-hybridized carbons (Fsp3) is 0.381. The minimum absolute atomic E-state index is 0.252. The van der Waals surface area contributed by atoms with Gasteiger partial charge in [-0.05, 0) is 55.0 Å². The molecule has 2 atom stereocenters. The molecule has 0 aromatic heterocycles. The number of nitrogen functional groups attached to an aromatic ring is 1. The molecule has 2 aromatic rings. The fourth-order valence-corrected chi connectivity index (χ4v) is 4.08. The molecule has 0 saturated carbocycles. The highest BCUT2D eigenvalue weighted by atomic mass is 35.5. The molecule has 1 aliphatic rings. The van der Waals surface area contributed by atoms with Gasteiger partial charge in [0.2, 0.25) is 0 Å². The van der Waals surface area contributed by atoms with Crippen LogP contribution in [0.15, 0.2) is 36.4 Å². The molecule has 1 heterocycles. The monoisotopic (exact) mass is 371 g/mol. The Kier molecular flexibility index (Phi) is 5.42. The van der Waals surface area contributed by atoms with Crippen LogP contribution >= 0.6 is 11.6 Å². The number of nitrogens with one attached hydrogen (secondary N) is 1. The molecule has 2 aromatic carbocycles. The third-order valence-electron chi connectivity index (χ3n) is 4.94. The van der Waals surface area contributed by atoms with Crippen LogP contribution in [-0.2, 0) is 0 Å². The van der Waals surface area contributed by atoms with Crippen molar-refractivity contribution < 1.29 is 4.79 Å². The predicted octanol–water partition coefficient (Wildman–Crippen LogP) is 4.97. The number of hydrogen-bond acceptors (Lipinski definition) is 3. The van der Waals surface area contributed by atoms with Crippen molar-refractivity contribution in [1.29, 1.82) is 0 Å². The van der Waals surface area contributed by atoms with E-state index in [9.17, 15) is 4.79 Å². The van der Waals surface area contributed by atoms with Gasteiger partial charge in [-0.1, -0.05) is 37.6 Å². The van der Waals surface area contributed by atoms with Crippen LogP contribution in [0.2, 0.25) is 5.02 Å². The lowest BCUT2D eigenvalue weighted by Crippen LogP contribution is -2.39. The molecule has 3 N–H and O–H groups in total. The van der Waals surface area contributed by atoms with Gasteiger partial charge in [0.15, 0.2) is 0 Å². The first-order valence-electron chi connectivity index (χ1n) is 9.06. The number of piperidine rings is 1. The van der Waals surface area contributed by atoms with E-state index in [-0.39, 0.29) is 5.91 Å². The van der Waals surface area contributed by atoms with Crippen molar-refractivity contribution in [2.75, 3.05) is 29.0 Å². The van der Waals surface area contributed by atoms with Crippen LogP contribution in [-0.4, -0.2) is 19.0 Å². The maximum atomic E-state index is 12.6. The first-order valence-corrected chi connectivity index (χ1v) is 9.44. The topological polar surface area (TPSA) is 58.4 Å². The van der Waals surface area contributed by atoms with Crippen molar-refractivity contribution in [2.45, 2.75) is 27.2 Å². The Morgan fingerprint density at radius 2 is 1.85 bits per heavy atom. The van der Waals surface area contributed by atoms with E-state index in [1.165, 1.54) is 6.42 Å². The molecule has 3 rings (SSSR count). The van der Waals surface area contributed by atoms with Gasteiger partial charge in [-0.3, -0.25) is 4.79 Å². The minimum Gasteiger partial charge on any atom is -0.397 e. The Balaban J connectivity index is 1.89. The highest BCUT2D eigenvalue weighted by Gasteiger charge is 2.24. The normalized spacial score (nSPS) is 20.1. The number of benzene rings is 2. The largest absolute Gasteiger partial charge is 0.397 e. The number of nitrogens with zero attached hydrogens (tertiary/aromatic N) is 1. The third kappa shape index (κ3) is 3.96. The highest BCUT2D eigenvalue weighted by Crippen LogP contribution is 2.34. The molecule has 1 saturated heterocycles. The van der Waals surface area contributed by atoms with E-state index in [0.29, 0.717) is 33.8 Å². The molecular weight excluding hydrogens is 346 g/mol. The molecule has 5 heteroatoms. The van der Waals surface area contributed by atoms with E-state index in [2.05, 4.69) is 31.0 Å². The van der Waals surface area contributed by atoms with Crippen LogP contribution in [0.25, 0.3) is 0 Å². The molecule has 1 amide bonds. The van der Waals surface area contributed by atoms with E-state index in [0.717, 1.165) is 24.3 Å². The van der Waals surface area contributed by atoms with Gasteiger partial charge in [0.05, 0.1) is 22.0 Å². The van der Waals surface area contributed by atoms with Crippen LogP contribution in [0.3, 0.4) is 0 Å². The van der Waals surface area contributed by atoms with Gasteiger partial charge < -0.3 is 16.0 Å². The van der Waals surface area contributed by atoms with Gasteiger partial charge in [-0.15, -0.1) is 0 Å². The van der Waals surface area contributed by atoms with Crippen molar-refractivity contribution in [3.63, 3.8) is 0 Å². The lowest BCUT2D eigenvalue weighted by atomic mass is 9.91. The maximum Gasteiger partial charge on any atom is 0.257 e. The Bertz CT molecular complexity index is 811. The number of hydrogen-bond donors (Lipinski definition) is 2. The number of aryl methyl sites for hydroxylation is 1. The molecule has 0 bridgehead atoms. The van der Waals surface area contributed by atoms with E-state index < -0.39 is 0 Å². The Hall–Kier alpha value is -2.20. The number of carbonyl (C=O) groups excluding carboxylic acids is 1. The van der Waals surface area contributed by atoms with Crippen molar-refractivity contribution >= 4 is 34.6 Å². The predicted molar refractivity (Wildman–Crippen MR) is 110 cm³/mol. The zero-order valence-electron chi connectivity index (χ0n) is 15.6. The fourth-order valence-electron chi connectivity index (χ4n) is 3.86. The second-order valence-electron chi connectivity index (χ2n) is 7.51. The number of amides is 1. The van der Waals surface area contributed by atoms with Gasteiger partial charge >= 0.3 is 0 Å². The molecule has 0 radical (unpaired) electrons. The number of halogens is 1. The van der Waals surface area contributed by atoms with Crippen molar-refractivity contribution in [3.05, 3.63) is 52.5 Å². The Morgan fingerprint density at radius 3 is 2.50 bits per heavy atom. The van der Waals surface area contributed by atoms with Gasteiger partial charge in [-0.25, -0.2) is 0 Å². The molecule has 26 heavy (non-hydrogen) atoms. The number of nitrogens with two attached hydrogens (primary N) is 1. The lowest BCUT2D eigenvalue weighted by Gasteiger charge is -2.37. The Labute approximate surface area is 160 Å². The van der Waals surface area contributed by atoms with Gasteiger partial charge in [0, 0.05) is 18.8 Å². The molecule has 0 spiro atoms. The number of anilines is 3. The summed E-state index contributed by atoms with van der Waals surface area (Å²) in [6, 6.07) is 10.9. The summed E-state index contributed by atoms with van der Waals surface area (Å²) in [5.41, 5.74) is 10.1. The SMILES string of the molecule is Cc1cc(N)c(NC(=O)c2ccccc2Cl)cc1N1CC(C)CC(C)C1. The average Bonchev–Trinajstić information content (AvgIpc) is 2.56. The standard InChI is InChI=1S/C21H26ClN3O/c1-13-8-14(2)12-25(11-13)20-10-19(18(23)9-15(20)3)24-21(26)16-6-4-5-7-17(16)22/h4-7,9-10,13-14H,8,11-12,23H2,1-3H3,(H,24,26). The molecule has 2 unspecified atom stereocenters. The number of carbonyl (C=O) groups is 1. The van der Waals surface area contributed by atoms with Crippen LogP contribution in [0.1, 0.15) is 36.2 Å². The summed E-state index contributed by atoms with van der Waals surface area (Å²) in [5, 5.41) is 3.35. The summed E-state index contributed by atoms with van der Waals surface area (Å²) >= 11 is 6.14. The van der Waals surface area contributed by atoms with Crippen LogP contribution < -0.4 is 16.0 Å². The van der Waals surface area contributed by atoms with E-state index >= 15 is 0 Å². The first kappa shape index (κ1) is 18.6. The summed E-state index contributed by atoms with van der Waals surface area (Å²) in [7, 11) is 0. The summed E-state index contributed by atoms with van der Waals surface area (Å²) < 4.78 is 0. The molecule has 1 fully saturated rings. The smallest absolute Gasteiger partial charge is 0.257 e. The van der Waals surface area contributed by atoms with Crippen molar-refractivity contribution in [1.82, 2.24) is 0 Å². The summed E-state index contributed by atoms with van der Waals surface area (Å²) in [6.45, 7) is 8.68. The zero-order valence-corrected chi connectivity index (χ0v) is 16.3. The van der Waals surface area contributed by atoms with Crippen LogP contribution in [0.5, 0.6) is 0 Å². The third-order valence-corrected chi connectivity index (χ3v) is 5.27. The molecule has 138 valence electrons. The van der Waals surface area contributed by atoms with E-state index in [1.807, 2.05) is 12.1 Å². The van der Waals surface area contributed by atoms with E-state index in [4.69, 9.17) is 17.3 Å². The molecule has 4 nitrogen and oxygen atoms in total. The summed E-state index contributed by atoms with van der Waals surface area (Å²) in [6.07, 6.45) is 1.25. The maximum absolute atomic E-state index is 12.6. The lowest BCUT2D eigenvalue weighted by molar-refractivity contribution is 0.102. The van der Waals surface area contributed by atoms with Crippen molar-refractivity contribution in [3.8, 4) is 0 Å². The second-order valence-corrected chi connectivity index (χ2v) is 7.92.